The highest BCUT2D eigenvalue weighted by Gasteiger charge is 2.19. The number of amides is 4. The van der Waals surface area contributed by atoms with E-state index in [2.05, 4.69) is 5.32 Å². The lowest BCUT2D eigenvalue weighted by molar-refractivity contribution is -0.128. The van der Waals surface area contributed by atoms with Gasteiger partial charge in [0.15, 0.2) is 0 Å². The van der Waals surface area contributed by atoms with Gasteiger partial charge < -0.3 is 19.9 Å². The van der Waals surface area contributed by atoms with Crippen LogP contribution >= 0.6 is 0 Å². The van der Waals surface area contributed by atoms with Gasteiger partial charge in [-0.3, -0.25) is 14.8 Å². The quantitative estimate of drug-likeness (QED) is 0.508. The summed E-state index contributed by atoms with van der Waals surface area (Å²) in [5, 5.41) is 14.1. The summed E-state index contributed by atoms with van der Waals surface area (Å²) in [6, 6.07) is 13.8. The van der Waals surface area contributed by atoms with Crippen molar-refractivity contribution >= 4 is 29.1 Å². The van der Waals surface area contributed by atoms with Crippen molar-refractivity contribution in [2.24, 2.45) is 0 Å². The van der Waals surface area contributed by atoms with Crippen molar-refractivity contribution in [3.8, 4) is 0 Å². The predicted octanol–water partition coefficient (Wildman–Crippen LogP) is 2.90. The van der Waals surface area contributed by atoms with Crippen molar-refractivity contribution in [2.75, 3.05) is 44.5 Å². The summed E-state index contributed by atoms with van der Waals surface area (Å²) in [7, 11) is 0. The zero-order valence-corrected chi connectivity index (χ0v) is 19.8. The molecular weight excluding hydrogens is 448 g/mol. The summed E-state index contributed by atoms with van der Waals surface area (Å²) in [5.41, 5.74) is 3.52. The van der Waals surface area contributed by atoms with Crippen LogP contribution < -0.4 is 10.4 Å². The van der Waals surface area contributed by atoms with Crippen molar-refractivity contribution in [1.29, 1.82) is 0 Å². The molecule has 9 heteroatoms. The van der Waals surface area contributed by atoms with Gasteiger partial charge in [-0.15, -0.1) is 0 Å². The molecule has 4 amide bonds. The molecular formula is C26H30N4O5. The number of nitrogens with zero attached hydrogens (tertiary/aromatic N) is 3. The van der Waals surface area contributed by atoms with Crippen LogP contribution in [0.1, 0.15) is 34.8 Å². The number of hydroxylamine groups is 1. The number of ether oxygens (including phenoxy) is 1. The highest BCUT2D eigenvalue weighted by molar-refractivity contribution is 6.04. The molecule has 35 heavy (non-hydrogen) atoms. The number of hydrogen-bond donors (Lipinski definition) is 2. The molecule has 184 valence electrons. The first-order chi connectivity index (χ1) is 16.9. The predicted molar refractivity (Wildman–Crippen MR) is 131 cm³/mol. The normalized spacial score (nSPS) is 15.9. The average Bonchev–Trinajstić information content (AvgIpc) is 2.91. The largest absolute Gasteiger partial charge is 0.378 e. The second kappa shape index (κ2) is 11.2. The fourth-order valence-corrected chi connectivity index (χ4v) is 4.12. The molecule has 2 aliphatic rings. The molecule has 0 aliphatic carbocycles. The molecule has 0 aromatic heterocycles. The number of urea groups is 1. The third kappa shape index (κ3) is 6.06. The van der Waals surface area contributed by atoms with Crippen LogP contribution in [-0.4, -0.2) is 72.2 Å². The number of benzene rings is 2. The summed E-state index contributed by atoms with van der Waals surface area (Å²) in [6.07, 6.45) is 2.72. The molecule has 2 N–H and O–H groups in total. The Kier molecular flexibility index (Phi) is 7.79. The first-order valence-corrected chi connectivity index (χ1v) is 11.7. The molecule has 2 aliphatic heterocycles. The summed E-state index contributed by atoms with van der Waals surface area (Å²) in [6.45, 7) is 5.32. The molecule has 0 saturated carbocycles. The molecule has 0 spiro atoms. The maximum atomic E-state index is 12.9. The van der Waals surface area contributed by atoms with Crippen molar-refractivity contribution in [3.05, 3.63) is 71.3 Å². The van der Waals surface area contributed by atoms with Gasteiger partial charge >= 0.3 is 6.03 Å². The first-order valence-electron chi connectivity index (χ1n) is 11.7. The van der Waals surface area contributed by atoms with Gasteiger partial charge in [0.1, 0.15) is 0 Å². The smallest absolute Gasteiger partial charge is 0.317 e. The summed E-state index contributed by atoms with van der Waals surface area (Å²) in [5.74, 6) is -0.502. The number of anilines is 1. The Morgan fingerprint density at radius 3 is 2.43 bits per heavy atom. The number of carbonyl (C=O) groups is 3. The third-order valence-corrected chi connectivity index (χ3v) is 6.25. The summed E-state index contributed by atoms with van der Waals surface area (Å²) < 4.78 is 5.25. The summed E-state index contributed by atoms with van der Waals surface area (Å²) >= 11 is 0. The average molecular weight is 479 g/mol. The van der Waals surface area contributed by atoms with Crippen LogP contribution in [0.3, 0.4) is 0 Å². The standard InChI is InChI=1S/C26H30N4O5/c1-19(31)28-11-9-21(10-12-28)23-3-2-4-24(17-23)30(34)25(32)22-7-5-20(6-8-22)18-27-26(33)29-13-15-35-16-14-29/h2-9,17,34H,10-16,18H2,1H3,(H,27,33). The number of rotatable bonds is 5. The van der Waals surface area contributed by atoms with E-state index in [1.165, 1.54) is 0 Å². The van der Waals surface area contributed by atoms with E-state index in [0.717, 1.165) is 16.7 Å². The van der Waals surface area contributed by atoms with Gasteiger partial charge in [0.05, 0.1) is 18.9 Å². The summed E-state index contributed by atoms with van der Waals surface area (Å²) in [4.78, 5) is 40.1. The molecule has 0 bridgehead atoms. The lowest BCUT2D eigenvalue weighted by Crippen LogP contribution is -2.45. The number of carbonyl (C=O) groups excluding carboxylic acids is 3. The van der Waals surface area contributed by atoms with E-state index >= 15 is 0 Å². The van der Waals surface area contributed by atoms with Gasteiger partial charge in [-0.05, 0) is 47.4 Å². The number of nitrogens with one attached hydrogen (secondary N) is 1. The zero-order chi connectivity index (χ0) is 24.8. The van der Waals surface area contributed by atoms with Gasteiger partial charge in [-0.1, -0.05) is 30.3 Å². The number of morpholine rings is 1. The van der Waals surface area contributed by atoms with Crippen LogP contribution in [0.4, 0.5) is 10.5 Å². The van der Waals surface area contributed by atoms with Gasteiger partial charge in [0, 0.05) is 45.2 Å². The molecule has 9 nitrogen and oxygen atoms in total. The minimum absolute atomic E-state index is 0.0479. The van der Waals surface area contributed by atoms with Crippen molar-refractivity contribution in [1.82, 2.24) is 15.1 Å². The van der Waals surface area contributed by atoms with Gasteiger partial charge in [0.25, 0.3) is 5.91 Å². The lowest BCUT2D eigenvalue weighted by atomic mass is 9.99. The second-order valence-electron chi connectivity index (χ2n) is 8.57. The van der Waals surface area contributed by atoms with E-state index in [1.54, 1.807) is 59.2 Å². The fourth-order valence-electron chi connectivity index (χ4n) is 4.12. The Bertz CT molecular complexity index is 1110. The molecule has 2 heterocycles. The molecule has 4 rings (SSSR count). The van der Waals surface area contributed by atoms with Crippen LogP contribution in [0.5, 0.6) is 0 Å². The maximum absolute atomic E-state index is 12.9. The van der Waals surface area contributed by atoms with Crippen molar-refractivity contribution < 1.29 is 24.3 Å². The molecule has 0 atom stereocenters. The second-order valence-corrected chi connectivity index (χ2v) is 8.57. The maximum Gasteiger partial charge on any atom is 0.317 e. The first kappa shape index (κ1) is 24.4. The minimum atomic E-state index is -0.550. The topological polar surface area (TPSA) is 102 Å². The van der Waals surface area contributed by atoms with Crippen molar-refractivity contribution in [2.45, 2.75) is 19.9 Å². The molecule has 0 radical (unpaired) electrons. The minimum Gasteiger partial charge on any atom is -0.378 e. The molecule has 2 aromatic carbocycles. The number of hydrogen-bond acceptors (Lipinski definition) is 5. The molecule has 0 unspecified atom stereocenters. The third-order valence-electron chi connectivity index (χ3n) is 6.25. The SMILES string of the molecule is CC(=O)N1CC=C(c2cccc(N(O)C(=O)c3ccc(CNC(=O)N4CCOCC4)cc3)c2)CC1. The van der Waals surface area contributed by atoms with Gasteiger partial charge in [-0.2, -0.15) is 5.06 Å². The lowest BCUT2D eigenvalue weighted by Gasteiger charge is -2.27. The van der Waals surface area contributed by atoms with Crippen LogP contribution in [0.2, 0.25) is 0 Å². The van der Waals surface area contributed by atoms with Crippen LogP contribution in [0.15, 0.2) is 54.6 Å². The van der Waals surface area contributed by atoms with E-state index in [0.29, 0.717) is 68.7 Å². The monoisotopic (exact) mass is 478 g/mol. The Morgan fingerprint density at radius 1 is 1.03 bits per heavy atom. The Morgan fingerprint density at radius 2 is 1.77 bits per heavy atom. The van der Waals surface area contributed by atoms with E-state index in [4.69, 9.17) is 4.74 Å². The van der Waals surface area contributed by atoms with Crippen LogP contribution in [0, 0.1) is 0 Å². The van der Waals surface area contributed by atoms with Gasteiger partial charge in [0.2, 0.25) is 5.91 Å². The highest BCUT2D eigenvalue weighted by atomic mass is 16.5. The van der Waals surface area contributed by atoms with E-state index in [-0.39, 0.29) is 11.9 Å². The Balaban J connectivity index is 1.36. The Hall–Kier alpha value is -3.69. The Labute approximate surface area is 204 Å². The van der Waals surface area contributed by atoms with Crippen LogP contribution in [0.25, 0.3) is 5.57 Å². The van der Waals surface area contributed by atoms with E-state index < -0.39 is 5.91 Å². The van der Waals surface area contributed by atoms with E-state index in [9.17, 15) is 19.6 Å². The fraction of sp³-hybridized carbons (Fsp3) is 0.346. The van der Waals surface area contributed by atoms with Crippen LogP contribution in [-0.2, 0) is 16.1 Å². The molecule has 1 fully saturated rings. The molecule has 2 aromatic rings. The van der Waals surface area contributed by atoms with Crippen molar-refractivity contribution in [3.63, 3.8) is 0 Å². The highest BCUT2D eigenvalue weighted by Crippen LogP contribution is 2.26. The van der Waals surface area contributed by atoms with E-state index in [1.807, 2.05) is 12.1 Å². The van der Waals surface area contributed by atoms with Gasteiger partial charge in [-0.25, -0.2) is 4.79 Å². The molecule has 1 saturated heterocycles. The zero-order valence-electron chi connectivity index (χ0n) is 19.8.